The zero-order valence-electron chi connectivity index (χ0n) is 14.5. The molecule has 1 aliphatic heterocycles. The molecule has 0 amide bonds. The average molecular weight is 374 g/mol. The van der Waals surface area contributed by atoms with Crippen molar-refractivity contribution in [2.75, 3.05) is 0 Å². The molecule has 2 heterocycles. The van der Waals surface area contributed by atoms with Crippen molar-refractivity contribution >= 4 is 28.0 Å². The van der Waals surface area contributed by atoms with Crippen molar-refractivity contribution in [2.24, 2.45) is 4.99 Å². The Morgan fingerprint density at radius 3 is 2.38 bits per heavy atom. The molecule has 0 aliphatic carbocycles. The predicted molar refractivity (Wildman–Crippen MR) is 96.0 cm³/mol. The minimum Gasteiger partial charge on any atom is -0.462 e. The second-order valence-electron chi connectivity index (χ2n) is 6.08. The minimum absolute atomic E-state index is 0.116. The van der Waals surface area contributed by atoms with Crippen LogP contribution in [0.1, 0.15) is 30.9 Å². The van der Waals surface area contributed by atoms with Gasteiger partial charge in [0.2, 0.25) is 15.9 Å². The summed E-state index contributed by atoms with van der Waals surface area (Å²) in [6.07, 6.45) is 1.49. The fourth-order valence-corrected chi connectivity index (χ4v) is 3.60. The Balaban J connectivity index is 1.85. The third-order valence-corrected chi connectivity index (χ3v) is 5.14. The number of esters is 1. The molecule has 2 aromatic rings. The number of benzene rings is 1. The maximum Gasteiger partial charge on any atom is 0.363 e. The first-order chi connectivity index (χ1) is 12.2. The minimum atomic E-state index is -3.58. The zero-order chi connectivity index (χ0) is 18.9. The van der Waals surface area contributed by atoms with E-state index in [1.165, 1.54) is 18.2 Å². The maximum atomic E-state index is 12.1. The summed E-state index contributed by atoms with van der Waals surface area (Å²) >= 11 is 0. The van der Waals surface area contributed by atoms with Crippen LogP contribution < -0.4 is 4.72 Å². The Bertz CT molecular complexity index is 998. The number of aryl methyl sites for hydroxylation is 1. The molecule has 0 saturated heterocycles. The van der Waals surface area contributed by atoms with E-state index in [9.17, 15) is 13.2 Å². The summed E-state index contributed by atoms with van der Waals surface area (Å²) in [6.45, 7) is 5.29. The molecular formula is C18H18N2O5S. The number of hydrogen-bond acceptors (Lipinski definition) is 6. The summed E-state index contributed by atoms with van der Waals surface area (Å²) in [6, 6.07) is 9.26. The summed E-state index contributed by atoms with van der Waals surface area (Å²) < 4.78 is 37.3. The molecule has 26 heavy (non-hydrogen) atoms. The lowest BCUT2D eigenvalue weighted by molar-refractivity contribution is -0.129. The standard InChI is InChI=1S/C18H18N2O5S/c1-11(2)20-26(22,23)15-8-5-13(6-9-15)17-19-16(18(21)25-17)10-14-7-4-12(3)24-14/h4-11,20H,1-3H3. The summed E-state index contributed by atoms with van der Waals surface area (Å²) in [5, 5.41) is 0. The van der Waals surface area contributed by atoms with E-state index in [4.69, 9.17) is 9.15 Å². The van der Waals surface area contributed by atoms with Crippen molar-refractivity contribution < 1.29 is 22.4 Å². The smallest absolute Gasteiger partial charge is 0.363 e. The molecule has 1 aromatic carbocycles. The summed E-state index contributed by atoms with van der Waals surface area (Å²) in [7, 11) is -3.58. The highest BCUT2D eigenvalue weighted by Crippen LogP contribution is 2.21. The molecule has 136 valence electrons. The van der Waals surface area contributed by atoms with E-state index in [1.807, 2.05) is 0 Å². The number of hydrogen-bond donors (Lipinski definition) is 1. The third-order valence-electron chi connectivity index (χ3n) is 3.46. The topological polar surface area (TPSA) is 98.0 Å². The van der Waals surface area contributed by atoms with Gasteiger partial charge in [-0.1, -0.05) is 0 Å². The first kappa shape index (κ1) is 18.1. The van der Waals surface area contributed by atoms with Crippen molar-refractivity contribution in [1.82, 2.24) is 4.72 Å². The van der Waals surface area contributed by atoms with Crippen LogP contribution in [0.5, 0.6) is 0 Å². The highest BCUT2D eigenvalue weighted by molar-refractivity contribution is 7.89. The fourth-order valence-electron chi connectivity index (χ4n) is 2.35. The average Bonchev–Trinajstić information content (AvgIpc) is 3.13. The number of nitrogens with one attached hydrogen (secondary N) is 1. The molecule has 3 rings (SSSR count). The van der Waals surface area contributed by atoms with E-state index < -0.39 is 16.0 Å². The normalized spacial score (nSPS) is 16.2. The van der Waals surface area contributed by atoms with Crippen molar-refractivity contribution in [3.05, 3.63) is 59.2 Å². The van der Waals surface area contributed by atoms with Gasteiger partial charge in [-0.3, -0.25) is 0 Å². The number of rotatable bonds is 5. The number of sulfonamides is 1. The molecule has 1 N–H and O–H groups in total. The molecule has 7 nitrogen and oxygen atoms in total. The van der Waals surface area contributed by atoms with Gasteiger partial charge in [0, 0.05) is 17.7 Å². The van der Waals surface area contributed by atoms with Crippen LogP contribution >= 0.6 is 0 Å². The van der Waals surface area contributed by atoms with E-state index in [0.717, 1.165) is 5.76 Å². The van der Waals surface area contributed by atoms with Crippen LogP contribution in [0.25, 0.3) is 6.08 Å². The van der Waals surface area contributed by atoms with Crippen LogP contribution in [0.15, 0.2) is 56.4 Å². The van der Waals surface area contributed by atoms with Crippen molar-refractivity contribution in [2.45, 2.75) is 31.7 Å². The van der Waals surface area contributed by atoms with E-state index in [-0.39, 0.29) is 22.5 Å². The quantitative estimate of drug-likeness (QED) is 0.641. The van der Waals surface area contributed by atoms with Crippen molar-refractivity contribution in [3.63, 3.8) is 0 Å². The molecule has 8 heteroatoms. The van der Waals surface area contributed by atoms with Gasteiger partial charge in [0.1, 0.15) is 11.5 Å². The number of carbonyl (C=O) groups is 1. The monoisotopic (exact) mass is 374 g/mol. The van der Waals surface area contributed by atoms with Crippen LogP contribution in [0, 0.1) is 6.92 Å². The first-order valence-electron chi connectivity index (χ1n) is 7.96. The molecule has 0 atom stereocenters. The molecule has 0 bridgehead atoms. The number of carbonyl (C=O) groups excluding carboxylic acids is 1. The third kappa shape index (κ3) is 3.92. The molecule has 0 saturated carbocycles. The van der Waals surface area contributed by atoms with Gasteiger partial charge in [-0.05, 0) is 57.2 Å². The summed E-state index contributed by atoms with van der Waals surface area (Å²) in [5.41, 5.74) is 0.619. The Labute approximate surface area is 151 Å². The van der Waals surface area contributed by atoms with Gasteiger partial charge < -0.3 is 9.15 Å². The largest absolute Gasteiger partial charge is 0.462 e. The van der Waals surface area contributed by atoms with Gasteiger partial charge in [0.05, 0.1) is 4.90 Å². The lowest BCUT2D eigenvalue weighted by atomic mass is 10.2. The van der Waals surface area contributed by atoms with Gasteiger partial charge in [0.15, 0.2) is 5.70 Å². The summed E-state index contributed by atoms with van der Waals surface area (Å²) in [4.78, 5) is 16.3. The van der Waals surface area contributed by atoms with Crippen LogP contribution in [0.4, 0.5) is 0 Å². The van der Waals surface area contributed by atoms with Crippen LogP contribution in [-0.2, 0) is 19.6 Å². The molecule has 0 spiro atoms. The van der Waals surface area contributed by atoms with Crippen LogP contribution in [0.2, 0.25) is 0 Å². The number of ether oxygens (including phenoxy) is 1. The summed E-state index contributed by atoms with van der Waals surface area (Å²) in [5.74, 6) is 0.748. The lowest BCUT2D eigenvalue weighted by Crippen LogP contribution is -2.30. The Hall–Kier alpha value is -2.71. The fraction of sp³-hybridized carbons (Fsp3) is 0.222. The van der Waals surface area contributed by atoms with Gasteiger partial charge in [-0.25, -0.2) is 22.9 Å². The molecule has 1 aromatic heterocycles. The highest BCUT2D eigenvalue weighted by atomic mass is 32.2. The van der Waals surface area contributed by atoms with Crippen molar-refractivity contribution in [1.29, 1.82) is 0 Å². The number of aliphatic imine (C=N–C) groups is 1. The SMILES string of the molecule is Cc1ccc(C=C2N=C(c3ccc(S(=O)(=O)NC(C)C)cc3)OC2=O)o1. The lowest BCUT2D eigenvalue weighted by Gasteiger charge is -2.09. The van der Waals surface area contributed by atoms with Crippen LogP contribution in [-0.4, -0.2) is 26.3 Å². The van der Waals surface area contributed by atoms with E-state index in [0.29, 0.717) is 11.3 Å². The van der Waals surface area contributed by atoms with Gasteiger partial charge in [-0.15, -0.1) is 0 Å². The van der Waals surface area contributed by atoms with Crippen LogP contribution in [0.3, 0.4) is 0 Å². The molecule has 0 unspecified atom stereocenters. The molecule has 1 aliphatic rings. The zero-order valence-corrected chi connectivity index (χ0v) is 15.3. The van der Waals surface area contributed by atoms with Gasteiger partial charge in [0.25, 0.3) is 0 Å². The Morgan fingerprint density at radius 2 is 1.81 bits per heavy atom. The van der Waals surface area contributed by atoms with Gasteiger partial charge >= 0.3 is 5.97 Å². The molecule has 0 radical (unpaired) electrons. The second kappa shape index (κ2) is 6.89. The second-order valence-corrected chi connectivity index (χ2v) is 7.80. The Kier molecular flexibility index (Phi) is 4.80. The highest BCUT2D eigenvalue weighted by Gasteiger charge is 2.25. The van der Waals surface area contributed by atoms with Crippen molar-refractivity contribution in [3.8, 4) is 0 Å². The number of furan rings is 1. The van der Waals surface area contributed by atoms with Gasteiger partial charge in [-0.2, -0.15) is 0 Å². The first-order valence-corrected chi connectivity index (χ1v) is 9.45. The van der Waals surface area contributed by atoms with E-state index in [2.05, 4.69) is 9.71 Å². The number of nitrogens with zero attached hydrogens (tertiary/aromatic N) is 1. The molecular weight excluding hydrogens is 356 g/mol. The maximum absolute atomic E-state index is 12.1. The predicted octanol–water partition coefficient (Wildman–Crippen LogP) is 2.62. The number of cyclic esters (lactones) is 1. The van der Waals surface area contributed by atoms with E-state index in [1.54, 1.807) is 45.0 Å². The molecule has 0 fully saturated rings. The Morgan fingerprint density at radius 1 is 1.12 bits per heavy atom. The van der Waals surface area contributed by atoms with E-state index >= 15 is 0 Å².